The molecule has 0 saturated carbocycles. The van der Waals surface area contributed by atoms with Crippen LogP contribution in [0.3, 0.4) is 0 Å². The Morgan fingerprint density at radius 2 is 2.04 bits per heavy atom. The summed E-state index contributed by atoms with van der Waals surface area (Å²) in [5.41, 5.74) is 0. The first kappa shape index (κ1) is 18.6. The number of hydrogen-bond donors (Lipinski definition) is 1. The fraction of sp³-hybridized carbons (Fsp3) is 0.643. The van der Waals surface area contributed by atoms with Crippen LogP contribution in [0.25, 0.3) is 0 Å². The quantitative estimate of drug-likeness (QED) is 0.588. The highest BCUT2D eigenvalue weighted by molar-refractivity contribution is 7.91. The van der Waals surface area contributed by atoms with E-state index in [1.807, 2.05) is 19.0 Å². The zero-order valence-corrected chi connectivity index (χ0v) is 16.0. The maximum atomic E-state index is 12.5. The lowest BCUT2D eigenvalue weighted by Crippen LogP contribution is -2.53. The van der Waals surface area contributed by atoms with E-state index >= 15 is 0 Å². The summed E-state index contributed by atoms with van der Waals surface area (Å²) < 4.78 is 26.9. The molecule has 1 aromatic rings. The van der Waals surface area contributed by atoms with E-state index < -0.39 is 10.0 Å². The summed E-state index contributed by atoms with van der Waals surface area (Å²) in [5.74, 6) is 0. The number of sulfonamides is 1. The molecule has 9 heteroatoms. The molecule has 1 aromatic heterocycles. The van der Waals surface area contributed by atoms with Crippen LogP contribution in [0.1, 0.15) is 6.42 Å². The molecule has 0 atom stereocenters. The van der Waals surface area contributed by atoms with Crippen LogP contribution < -0.4 is 5.32 Å². The molecule has 0 aromatic carbocycles. The third-order valence-corrected chi connectivity index (χ3v) is 7.35. The zero-order chi connectivity index (χ0) is 16.9. The van der Waals surface area contributed by atoms with Gasteiger partial charge in [-0.15, -0.1) is 11.3 Å². The molecular formula is C14H24N4O2S3. The summed E-state index contributed by atoms with van der Waals surface area (Å²) in [7, 11) is 0.752. The van der Waals surface area contributed by atoms with Crippen LogP contribution in [0.4, 0.5) is 0 Å². The van der Waals surface area contributed by atoms with E-state index in [0.29, 0.717) is 30.4 Å². The minimum Gasteiger partial charge on any atom is -0.363 e. The van der Waals surface area contributed by atoms with E-state index in [9.17, 15) is 8.42 Å². The van der Waals surface area contributed by atoms with Crippen molar-refractivity contribution in [2.45, 2.75) is 10.6 Å². The van der Waals surface area contributed by atoms with Gasteiger partial charge in [0.2, 0.25) is 0 Å². The second-order valence-electron chi connectivity index (χ2n) is 5.71. The summed E-state index contributed by atoms with van der Waals surface area (Å²) in [5, 5.41) is 5.76. The number of hydrogen-bond acceptors (Lipinski definition) is 5. The fourth-order valence-corrected chi connectivity index (χ4v) is 5.22. The lowest BCUT2D eigenvalue weighted by molar-refractivity contribution is 0.264. The van der Waals surface area contributed by atoms with Gasteiger partial charge in [-0.05, 0) is 50.7 Å². The van der Waals surface area contributed by atoms with Crippen molar-refractivity contribution in [1.82, 2.24) is 19.4 Å². The average Bonchev–Trinajstić information content (AvgIpc) is 3.06. The molecule has 0 unspecified atom stereocenters. The summed E-state index contributed by atoms with van der Waals surface area (Å²) in [4.78, 5) is 4.18. The standard InChI is InChI=1S/C14H24N4O2S3/c1-16(2)7-4-6-15-14(21)17-8-10-18(11-9-17)23(19,20)13-5-3-12-22-13/h3,5,12H,4,6-11H2,1-2H3,(H,15,21). The molecule has 1 aliphatic heterocycles. The predicted octanol–water partition coefficient (Wildman–Crippen LogP) is 0.881. The molecule has 0 aliphatic carbocycles. The minimum absolute atomic E-state index is 0.412. The molecule has 1 aliphatic rings. The lowest BCUT2D eigenvalue weighted by Gasteiger charge is -2.35. The number of nitrogens with zero attached hydrogens (tertiary/aromatic N) is 3. The lowest BCUT2D eigenvalue weighted by atomic mass is 10.4. The first-order valence-electron chi connectivity index (χ1n) is 7.62. The summed E-state index contributed by atoms with van der Waals surface area (Å²) in [6, 6.07) is 3.42. The summed E-state index contributed by atoms with van der Waals surface area (Å²) >= 11 is 6.66. The Kier molecular flexibility index (Phi) is 6.78. The van der Waals surface area contributed by atoms with Crippen molar-refractivity contribution in [3.8, 4) is 0 Å². The second-order valence-corrected chi connectivity index (χ2v) is 9.21. The zero-order valence-electron chi connectivity index (χ0n) is 13.6. The first-order chi connectivity index (χ1) is 10.9. The predicted molar refractivity (Wildman–Crippen MR) is 98.4 cm³/mol. The normalized spacial score (nSPS) is 16.7. The van der Waals surface area contributed by atoms with Crippen LogP contribution >= 0.6 is 23.6 Å². The van der Waals surface area contributed by atoms with Crippen LogP contribution in [0.5, 0.6) is 0 Å². The number of thiocarbonyl (C=S) groups is 1. The van der Waals surface area contributed by atoms with E-state index in [0.717, 1.165) is 24.6 Å². The topological polar surface area (TPSA) is 55.9 Å². The van der Waals surface area contributed by atoms with Crippen molar-refractivity contribution in [1.29, 1.82) is 0 Å². The Bertz CT molecular complexity index is 594. The number of piperazine rings is 1. The van der Waals surface area contributed by atoms with Crippen LogP contribution in [-0.4, -0.2) is 81.0 Å². The average molecular weight is 377 g/mol. The Hall–Kier alpha value is -0.740. The van der Waals surface area contributed by atoms with Crippen molar-refractivity contribution < 1.29 is 8.42 Å². The molecule has 0 amide bonds. The van der Waals surface area contributed by atoms with Crippen LogP contribution in [0.2, 0.25) is 0 Å². The maximum absolute atomic E-state index is 12.5. The maximum Gasteiger partial charge on any atom is 0.252 e. The van der Waals surface area contributed by atoms with Gasteiger partial charge < -0.3 is 15.1 Å². The van der Waals surface area contributed by atoms with E-state index in [2.05, 4.69) is 10.2 Å². The molecule has 2 rings (SSSR count). The van der Waals surface area contributed by atoms with Crippen molar-refractivity contribution in [2.24, 2.45) is 0 Å². The second kappa shape index (κ2) is 8.39. The van der Waals surface area contributed by atoms with Crippen molar-refractivity contribution >= 4 is 38.7 Å². The van der Waals surface area contributed by atoms with Gasteiger partial charge in [-0.2, -0.15) is 4.31 Å². The van der Waals surface area contributed by atoms with Crippen molar-refractivity contribution in [2.75, 3.05) is 53.4 Å². The molecule has 6 nitrogen and oxygen atoms in total. The van der Waals surface area contributed by atoms with Gasteiger partial charge in [0, 0.05) is 32.7 Å². The first-order valence-corrected chi connectivity index (χ1v) is 10.4. The van der Waals surface area contributed by atoms with Gasteiger partial charge in [-0.25, -0.2) is 8.42 Å². The van der Waals surface area contributed by atoms with E-state index in [1.165, 1.54) is 11.3 Å². The van der Waals surface area contributed by atoms with Crippen molar-refractivity contribution in [3.05, 3.63) is 17.5 Å². The monoisotopic (exact) mass is 376 g/mol. The molecule has 1 saturated heterocycles. The molecule has 23 heavy (non-hydrogen) atoms. The fourth-order valence-electron chi connectivity index (χ4n) is 2.37. The molecule has 0 spiro atoms. The third-order valence-electron chi connectivity index (χ3n) is 3.67. The highest BCUT2D eigenvalue weighted by Crippen LogP contribution is 2.21. The van der Waals surface area contributed by atoms with E-state index in [1.54, 1.807) is 21.8 Å². The third kappa shape index (κ3) is 5.12. The highest BCUT2D eigenvalue weighted by atomic mass is 32.2. The van der Waals surface area contributed by atoms with Gasteiger partial charge in [0.1, 0.15) is 4.21 Å². The number of rotatable bonds is 6. The van der Waals surface area contributed by atoms with Gasteiger partial charge in [-0.3, -0.25) is 0 Å². The molecule has 0 radical (unpaired) electrons. The SMILES string of the molecule is CN(C)CCCNC(=S)N1CCN(S(=O)(=O)c2cccs2)CC1. The molecule has 130 valence electrons. The Morgan fingerprint density at radius 1 is 1.35 bits per heavy atom. The van der Waals surface area contributed by atoms with E-state index in [4.69, 9.17) is 12.2 Å². The van der Waals surface area contributed by atoms with Crippen LogP contribution in [0, 0.1) is 0 Å². The molecule has 0 bridgehead atoms. The van der Waals surface area contributed by atoms with Gasteiger partial charge in [0.15, 0.2) is 5.11 Å². The Labute approximate surface area is 148 Å². The Morgan fingerprint density at radius 3 is 2.61 bits per heavy atom. The van der Waals surface area contributed by atoms with E-state index in [-0.39, 0.29) is 0 Å². The van der Waals surface area contributed by atoms with Gasteiger partial charge in [0.25, 0.3) is 10.0 Å². The Balaban J connectivity index is 1.78. The molecule has 2 heterocycles. The van der Waals surface area contributed by atoms with Gasteiger partial charge in [0.05, 0.1) is 0 Å². The van der Waals surface area contributed by atoms with Crippen molar-refractivity contribution in [3.63, 3.8) is 0 Å². The summed E-state index contributed by atoms with van der Waals surface area (Å²) in [6.07, 6.45) is 1.03. The highest BCUT2D eigenvalue weighted by Gasteiger charge is 2.29. The minimum atomic E-state index is -3.34. The largest absolute Gasteiger partial charge is 0.363 e. The smallest absolute Gasteiger partial charge is 0.252 e. The molecule has 1 N–H and O–H groups in total. The molecule has 1 fully saturated rings. The van der Waals surface area contributed by atoms with Gasteiger partial charge in [-0.1, -0.05) is 6.07 Å². The molecular weight excluding hydrogens is 352 g/mol. The summed E-state index contributed by atoms with van der Waals surface area (Å²) in [6.45, 7) is 4.06. The van der Waals surface area contributed by atoms with Crippen LogP contribution in [-0.2, 0) is 10.0 Å². The number of thiophene rings is 1. The van der Waals surface area contributed by atoms with Crippen LogP contribution in [0.15, 0.2) is 21.7 Å². The number of nitrogens with one attached hydrogen (secondary N) is 1. The van der Waals surface area contributed by atoms with Gasteiger partial charge >= 0.3 is 0 Å².